The largest absolute Gasteiger partial charge is 0.489 e. The molecule has 198 valence electrons. The van der Waals surface area contributed by atoms with E-state index >= 15 is 0 Å². The topological polar surface area (TPSA) is 108 Å². The van der Waals surface area contributed by atoms with Crippen LogP contribution in [0.2, 0.25) is 0 Å². The van der Waals surface area contributed by atoms with Gasteiger partial charge in [0.15, 0.2) is 0 Å². The zero-order valence-corrected chi connectivity index (χ0v) is 22.4. The molecule has 0 radical (unpaired) electrons. The summed E-state index contributed by atoms with van der Waals surface area (Å²) in [5.41, 5.74) is 2.42. The van der Waals surface area contributed by atoms with Crippen LogP contribution in [-0.2, 0) is 29.0 Å². The van der Waals surface area contributed by atoms with Gasteiger partial charge in [-0.3, -0.25) is 9.59 Å². The lowest BCUT2D eigenvalue weighted by Crippen LogP contribution is -2.57. The summed E-state index contributed by atoms with van der Waals surface area (Å²) in [5.74, 6) is 0.281. The molecule has 4 N–H and O–H groups in total. The zero-order valence-electron chi connectivity index (χ0n) is 22.4. The van der Waals surface area contributed by atoms with Crippen molar-refractivity contribution in [3.8, 4) is 5.75 Å². The Kier molecular flexibility index (Phi) is 9.85. The first-order chi connectivity index (χ1) is 17.6. The maximum absolute atomic E-state index is 13.3. The Morgan fingerprint density at radius 2 is 1.62 bits per heavy atom. The fourth-order valence-electron chi connectivity index (χ4n) is 3.88. The van der Waals surface area contributed by atoms with Crippen LogP contribution in [-0.4, -0.2) is 45.4 Å². The molecule has 0 saturated heterocycles. The summed E-state index contributed by atoms with van der Waals surface area (Å²) >= 11 is 0. The Hall–Kier alpha value is -3.65. The molecule has 2 atom stereocenters. The molecule has 0 aliphatic heterocycles. The summed E-state index contributed by atoms with van der Waals surface area (Å²) in [6.07, 6.45) is 4.08. The van der Waals surface area contributed by atoms with Gasteiger partial charge in [0.2, 0.25) is 11.8 Å². The van der Waals surface area contributed by atoms with E-state index < -0.39 is 17.6 Å². The summed E-state index contributed by atoms with van der Waals surface area (Å²) in [5, 5.41) is 9.29. The number of imidazole rings is 1. The molecule has 2 amide bonds. The maximum atomic E-state index is 13.3. The molecule has 8 heteroatoms. The molecular weight excluding hydrogens is 466 g/mol. The predicted octanol–water partition coefficient (Wildman–Crippen LogP) is 3.54. The molecule has 0 aliphatic carbocycles. The molecule has 0 aliphatic rings. The molecule has 1 heterocycles. The fraction of sp³-hybridized carbons (Fsp3) is 0.414. The van der Waals surface area contributed by atoms with Crippen molar-refractivity contribution in [2.75, 3.05) is 0 Å². The predicted molar refractivity (Wildman–Crippen MR) is 145 cm³/mol. The number of H-pyrrole nitrogens is 1. The van der Waals surface area contributed by atoms with E-state index in [2.05, 4.69) is 25.9 Å². The van der Waals surface area contributed by atoms with Gasteiger partial charge in [-0.05, 0) is 44.0 Å². The van der Waals surface area contributed by atoms with Gasteiger partial charge in [0.05, 0.1) is 12.4 Å². The normalized spacial score (nSPS) is 13.1. The molecular formula is C29H39N5O3. The summed E-state index contributed by atoms with van der Waals surface area (Å²) < 4.78 is 5.88. The van der Waals surface area contributed by atoms with E-state index in [1.807, 2.05) is 89.2 Å². The second-order valence-electron chi connectivity index (χ2n) is 10.6. The first-order valence-corrected chi connectivity index (χ1v) is 12.7. The number of benzene rings is 2. The number of nitrogens with zero attached hydrogens (tertiary/aromatic N) is 1. The Labute approximate surface area is 219 Å². The summed E-state index contributed by atoms with van der Waals surface area (Å²) in [4.78, 5) is 33.6. The van der Waals surface area contributed by atoms with Crippen molar-refractivity contribution in [1.29, 1.82) is 0 Å². The van der Waals surface area contributed by atoms with Gasteiger partial charge >= 0.3 is 0 Å². The number of amides is 2. The summed E-state index contributed by atoms with van der Waals surface area (Å²) in [6, 6.07) is 16.4. The third-order valence-electron chi connectivity index (χ3n) is 5.57. The molecule has 3 aromatic rings. The van der Waals surface area contributed by atoms with E-state index in [-0.39, 0.29) is 17.9 Å². The number of carbonyl (C=O) groups excluding carboxylic acids is 2. The Morgan fingerprint density at radius 1 is 0.919 bits per heavy atom. The van der Waals surface area contributed by atoms with Crippen LogP contribution in [0.4, 0.5) is 0 Å². The van der Waals surface area contributed by atoms with Gasteiger partial charge < -0.3 is 25.7 Å². The van der Waals surface area contributed by atoms with Crippen LogP contribution in [0.25, 0.3) is 0 Å². The van der Waals surface area contributed by atoms with E-state index in [1.54, 1.807) is 12.5 Å². The molecule has 0 spiro atoms. The minimum atomic E-state index is -0.735. The van der Waals surface area contributed by atoms with E-state index in [0.29, 0.717) is 19.4 Å². The van der Waals surface area contributed by atoms with Crippen molar-refractivity contribution in [2.45, 2.75) is 77.7 Å². The number of carbonyl (C=O) groups is 2. The van der Waals surface area contributed by atoms with Crippen molar-refractivity contribution in [1.82, 2.24) is 25.9 Å². The first-order valence-electron chi connectivity index (χ1n) is 12.7. The second-order valence-corrected chi connectivity index (χ2v) is 10.6. The average molecular weight is 506 g/mol. The maximum Gasteiger partial charge on any atom is 0.243 e. The quantitative estimate of drug-likeness (QED) is 0.301. The highest BCUT2D eigenvalue weighted by atomic mass is 16.5. The Morgan fingerprint density at radius 3 is 2.22 bits per heavy atom. The molecule has 0 fully saturated rings. The summed E-state index contributed by atoms with van der Waals surface area (Å²) in [6.45, 7) is 10.2. The van der Waals surface area contributed by atoms with Gasteiger partial charge in [0, 0.05) is 36.3 Å². The SMILES string of the molecule is CC(C)NC(Cc1cnc[nH]1)C(=O)NC(Cc1ccc(OCc2ccccc2)cc1)C(=O)NC(C)(C)C. The molecule has 1 aromatic heterocycles. The number of ether oxygens (including phenoxy) is 1. The molecule has 8 nitrogen and oxygen atoms in total. The van der Waals surface area contributed by atoms with E-state index in [0.717, 1.165) is 22.6 Å². The van der Waals surface area contributed by atoms with Crippen LogP contribution in [0.15, 0.2) is 67.1 Å². The molecule has 0 saturated carbocycles. The minimum Gasteiger partial charge on any atom is -0.489 e. The third kappa shape index (κ3) is 9.73. The number of rotatable bonds is 12. The van der Waals surface area contributed by atoms with Crippen LogP contribution < -0.4 is 20.7 Å². The highest BCUT2D eigenvalue weighted by Gasteiger charge is 2.28. The Bertz CT molecular complexity index is 1110. The van der Waals surface area contributed by atoms with E-state index in [4.69, 9.17) is 4.74 Å². The fourth-order valence-corrected chi connectivity index (χ4v) is 3.88. The van der Waals surface area contributed by atoms with Crippen molar-refractivity contribution in [3.63, 3.8) is 0 Å². The minimum absolute atomic E-state index is 0.0870. The van der Waals surface area contributed by atoms with Crippen LogP contribution >= 0.6 is 0 Å². The van der Waals surface area contributed by atoms with E-state index in [1.165, 1.54) is 0 Å². The molecule has 3 rings (SSSR count). The van der Waals surface area contributed by atoms with Gasteiger partial charge in [-0.25, -0.2) is 4.98 Å². The van der Waals surface area contributed by atoms with Crippen molar-refractivity contribution < 1.29 is 14.3 Å². The lowest BCUT2D eigenvalue weighted by molar-refractivity contribution is -0.130. The smallest absolute Gasteiger partial charge is 0.243 e. The van der Waals surface area contributed by atoms with Gasteiger partial charge in [-0.15, -0.1) is 0 Å². The lowest BCUT2D eigenvalue weighted by atomic mass is 10.0. The molecule has 0 bridgehead atoms. The number of hydrogen-bond donors (Lipinski definition) is 4. The van der Waals surface area contributed by atoms with E-state index in [9.17, 15) is 9.59 Å². The van der Waals surface area contributed by atoms with Gasteiger partial charge in [0.25, 0.3) is 0 Å². The standard InChI is InChI=1S/C29H39N5O3/c1-20(2)32-26(16-23-17-30-19-31-23)27(35)33-25(28(36)34-29(3,4)5)15-21-11-13-24(14-12-21)37-18-22-9-7-6-8-10-22/h6-14,17,19-20,25-26,32H,15-16,18H2,1-5H3,(H,30,31)(H,33,35)(H,34,36). The molecule has 37 heavy (non-hydrogen) atoms. The third-order valence-corrected chi connectivity index (χ3v) is 5.57. The van der Waals surface area contributed by atoms with Crippen molar-refractivity contribution >= 4 is 11.8 Å². The van der Waals surface area contributed by atoms with Crippen LogP contribution in [0.1, 0.15) is 51.4 Å². The summed E-state index contributed by atoms with van der Waals surface area (Å²) in [7, 11) is 0. The monoisotopic (exact) mass is 505 g/mol. The Balaban J connectivity index is 1.70. The average Bonchev–Trinajstić information content (AvgIpc) is 3.35. The zero-order chi connectivity index (χ0) is 26.8. The van der Waals surface area contributed by atoms with Crippen LogP contribution in [0.3, 0.4) is 0 Å². The second kappa shape index (κ2) is 13.1. The first kappa shape index (κ1) is 27.9. The van der Waals surface area contributed by atoms with Crippen LogP contribution in [0, 0.1) is 0 Å². The number of aromatic nitrogens is 2. The number of hydrogen-bond acceptors (Lipinski definition) is 5. The van der Waals surface area contributed by atoms with Crippen molar-refractivity contribution in [2.24, 2.45) is 0 Å². The van der Waals surface area contributed by atoms with Gasteiger partial charge in [0.1, 0.15) is 18.4 Å². The molecule has 2 unspecified atom stereocenters. The molecule has 2 aromatic carbocycles. The lowest BCUT2D eigenvalue weighted by Gasteiger charge is -2.28. The van der Waals surface area contributed by atoms with Gasteiger partial charge in [-0.1, -0.05) is 56.3 Å². The number of nitrogens with one attached hydrogen (secondary N) is 4. The van der Waals surface area contributed by atoms with Crippen LogP contribution in [0.5, 0.6) is 5.75 Å². The van der Waals surface area contributed by atoms with Crippen molar-refractivity contribution in [3.05, 3.63) is 83.9 Å². The highest BCUT2D eigenvalue weighted by Crippen LogP contribution is 2.16. The van der Waals surface area contributed by atoms with Gasteiger partial charge in [-0.2, -0.15) is 0 Å². The number of aromatic amines is 1. The highest BCUT2D eigenvalue weighted by molar-refractivity contribution is 5.90.